The minimum Gasteiger partial charge on any atom is -0.370 e. The first-order valence-electron chi connectivity index (χ1n) is 5.24. The SMILES string of the molecule is C[C@@H]1CCN(c2cncc(C(F)(F)F)c2)C1. The molecule has 1 aromatic rings. The fourth-order valence-electron chi connectivity index (χ4n) is 1.93. The lowest BCUT2D eigenvalue weighted by Crippen LogP contribution is -2.20. The number of aromatic nitrogens is 1. The number of rotatable bonds is 1. The normalized spacial score (nSPS) is 21.5. The van der Waals surface area contributed by atoms with Gasteiger partial charge in [-0.05, 0) is 18.4 Å². The number of halogens is 3. The van der Waals surface area contributed by atoms with Gasteiger partial charge in [-0.15, -0.1) is 0 Å². The van der Waals surface area contributed by atoms with E-state index in [1.807, 2.05) is 4.90 Å². The van der Waals surface area contributed by atoms with Crippen LogP contribution in [-0.4, -0.2) is 18.1 Å². The summed E-state index contributed by atoms with van der Waals surface area (Å²) in [5.74, 6) is 0.537. The summed E-state index contributed by atoms with van der Waals surface area (Å²) in [4.78, 5) is 5.61. The van der Waals surface area contributed by atoms with E-state index in [0.29, 0.717) is 11.6 Å². The van der Waals surface area contributed by atoms with Crippen LogP contribution in [0.15, 0.2) is 18.5 Å². The van der Waals surface area contributed by atoms with Crippen molar-refractivity contribution in [3.05, 3.63) is 24.0 Å². The number of nitrogens with zero attached hydrogens (tertiary/aromatic N) is 2. The Kier molecular flexibility index (Phi) is 2.78. The van der Waals surface area contributed by atoms with Gasteiger partial charge in [0.25, 0.3) is 0 Å². The smallest absolute Gasteiger partial charge is 0.370 e. The van der Waals surface area contributed by atoms with E-state index < -0.39 is 11.7 Å². The van der Waals surface area contributed by atoms with E-state index in [1.54, 1.807) is 0 Å². The van der Waals surface area contributed by atoms with Crippen LogP contribution in [0.2, 0.25) is 0 Å². The summed E-state index contributed by atoms with van der Waals surface area (Å²) in [5, 5.41) is 0. The third-order valence-electron chi connectivity index (χ3n) is 2.84. The Morgan fingerprint density at radius 1 is 1.38 bits per heavy atom. The van der Waals surface area contributed by atoms with Crippen LogP contribution in [0.5, 0.6) is 0 Å². The molecule has 88 valence electrons. The molecule has 0 bridgehead atoms. The van der Waals surface area contributed by atoms with Crippen LogP contribution in [0.4, 0.5) is 18.9 Å². The second-order valence-corrected chi connectivity index (χ2v) is 4.27. The van der Waals surface area contributed by atoms with Crippen LogP contribution < -0.4 is 4.90 Å². The predicted molar refractivity (Wildman–Crippen MR) is 55.2 cm³/mol. The Morgan fingerprint density at radius 2 is 2.12 bits per heavy atom. The topological polar surface area (TPSA) is 16.1 Å². The number of anilines is 1. The molecular formula is C11H13F3N2. The van der Waals surface area contributed by atoms with Gasteiger partial charge in [0.1, 0.15) is 0 Å². The van der Waals surface area contributed by atoms with Crippen molar-refractivity contribution >= 4 is 5.69 Å². The van der Waals surface area contributed by atoms with Crippen molar-refractivity contribution in [1.82, 2.24) is 4.98 Å². The Hall–Kier alpha value is -1.26. The predicted octanol–water partition coefficient (Wildman–Crippen LogP) is 2.95. The van der Waals surface area contributed by atoms with E-state index in [0.717, 1.165) is 25.7 Å². The monoisotopic (exact) mass is 230 g/mol. The molecule has 0 saturated carbocycles. The average molecular weight is 230 g/mol. The van der Waals surface area contributed by atoms with Crippen molar-refractivity contribution in [2.75, 3.05) is 18.0 Å². The fraction of sp³-hybridized carbons (Fsp3) is 0.545. The van der Waals surface area contributed by atoms with Gasteiger partial charge in [0.15, 0.2) is 0 Å². The number of hydrogen-bond acceptors (Lipinski definition) is 2. The number of pyridine rings is 1. The van der Waals surface area contributed by atoms with Gasteiger partial charge < -0.3 is 4.90 Å². The van der Waals surface area contributed by atoms with Gasteiger partial charge >= 0.3 is 6.18 Å². The minimum atomic E-state index is -4.31. The largest absolute Gasteiger partial charge is 0.417 e. The molecule has 1 fully saturated rings. The van der Waals surface area contributed by atoms with Gasteiger partial charge in [-0.2, -0.15) is 13.2 Å². The van der Waals surface area contributed by atoms with E-state index in [2.05, 4.69) is 11.9 Å². The van der Waals surface area contributed by atoms with Crippen LogP contribution in [0.1, 0.15) is 18.9 Å². The standard InChI is InChI=1S/C11H13F3N2/c1-8-2-3-16(7-8)10-4-9(5-15-6-10)11(12,13)14/h4-6,8H,2-3,7H2,1H3/t8-/m1/s1. The highest BCUT2D eigenvalue weighted by molar-refractivity contribution is 5.47. The Balaban J connectivity index is 2.23. The lowest BCUT2D eigenvalue weighted by atomic mass is 10.2. The Morgan fingerprint density at radius 3 is 2.69 bits per heavy atom. The van der Waals surface area contributed by atoms with E-state index in [1.165, 1.54) is 12.3 Å². The van der Waals surface area contributed by atoms with Gasteiger partial charge in [-0.1, -0.05) is 6.92 Å². The summed E-state index contributed by atoms with van der Waals surface area (Å²) in [5.41, 5.74) is -0.108. The van der Waals surface area contributed by atoms with Crippen LogP contribution in [-0.2, 0) is 6.18 Å². The number of alkyl halides is 3. The molecule has 0 aliphatic carbocycles. The Labute approximate surface area is 92.1 Å². The van der Waals surface area contributed by atoms with Crippen LogP contribution >= 0.6 is 0 Å². The van der Waals surface area contributed by atoms with Gasteiger partial charge in [-0.25, -0.2) is 0 Å². The maximum Gasteiger partial charge on any atom is 0.417 e. The fourth-order valence-corrected chi connectivity index (χ4v) is 1.93. The molecule has 0 aromatic carbocycles. The van der Waals surface area contributed by atoms with E-state index >= 15 is 0 Å². The zero-order valence-electron chi connectivity index (χ0n) is 8.96. The average Bonchev–Trinajstić information content (AvgIpc) is 2.64. The van der Waals surface area contributed by atoms with Crippen molar-refractivity contribution in [3.8, 4) is 0 Å². The molecule has 1 saturated heterocycles. The van der Waals surface area contributed by atoms with E-state index in [9.17, 15) is 13.2 Å². The zero-order chi connectivity index (χ0) is 11.8. The van der Waals surface area contributed by atoms with Crippen LogP contribution in [0.3, 0.4) is 0 Å². The van der Waals surface area contributed by atoms with Crippen molar-refractivity contribution < 1.29 is 13.2 Å². The molecule has 1 atom stereocenters. The molecule has 2 nitrogen and oxygen atoms in total. The van der Waals surface area contributed by atoms with Crippen molar-refractivity contribution in [2.24, 2.45) is 5.92 Å². The minimum absolute atomic E-state index is 0.537. The molecular weight excluding hydrogens is 217 g/mol. The quantitative estimate of drug-likeness (QED) is 0.737. The first-order valence-corrected chi connectivity index (χ1v) is 5.24. The highest BCUT2D eigenvalue weighted by Crippen LogP contribution is 2.32. The summed E-state index contributed by atoms with van der Waals surface area (Å²) in [6, 6.07) is 1.17. The van der Waals surface area contributed by atoms with E-state index in [-0.39, 0.29) is 0 Å². The molecule has 0 N–H and O–H groups in total. The molecule has 2 heterocycles. The molecule has 0 spiro atoms. The van der Waals surface area contributed by atoms with Crippen LogP contribution in [0.25, 0.3) is 0 Å². The van der Waals surface area contributed by atoms with Crippen molar-refractivity contribution in [3.63, 3.8) is 0 Å². The van der Waals surface area contributed by atoms with Gasteiger partial charge in [0.05, 0.1) is 17.4 Å². The molecule has 0 radical (unpaired) electrons. The highest BCUT2D eigenvalue weighted by Gasteiger charge is 2.32. The lowest BCUT2D eigenvalue weighted by molar-refractivity contribution is -0.137. The number of hydrogen-bond donors (Lipinski definition) is 0. The van der Waals surface area contributed by atoms with Crippen molar-refractivity contribution in [2.45, 2.75) is 19.5 Å². The van der Waals surface area contributed by atoms with Gasteiger partial charge in [-0.3, -0.25) is 4.98 Å². The molecule has 16 heavy (non-hydrogen) atoms. The molecule has 0 amide bonds. The Bertz CT molecular complexity index is 376. The van der Waals surface area contributed by atoms with Gasteiger partial charge in [0, 0.05) is 19.3 Å². The third kappa shape index (κ3) is 2.28. The first kappa shape index (κ1) is 11.2. The first-order chi connectivity index (χ1) is 7.47. The maximum absolute atomic E-state index is 12.5. The molecule has 2 rings (SSSR count). The molecule has 5 heteroatoms. The molecule has 1 aromatic heterocycles. The third-order valence-corrected chi connectivity index (χ3v) is 2.84. The summed E-state index contributed by atoms with van der Waals surface area (Å²) in [6.07, 6.45) is -0.930. The summed E-state index contributed by atoms with van der Waals surface area (Å²) in [7, 11) is 0. The van der Waals surface area contributed by atoms with Gasteiger partial charge in [0.2, 0.25) is 0 Å². The van der Waals surface area contributed by atoms with Crippen molar-refractivity contribution in [1.29, 1.82) is 0 Å². The molecule has 0 unspecified atom stereocenters. The second-order valence-electron chi connectivity index (χ2n) is 4.27. The molecule has 1 aliphatic rings. The second kappa shape index (κ2) is 3.96. The highest BCUT2D eigenvalue weighted by atomic mass is 19.4. The summed E-state index contributed by atoms with van der Waals surface area (Å²) < 4.78 is 37.4. The van der Waals surface area contributed by atoms with Crippen LogP contribution in [0, 0.1) is 5.92 Å². The molecule has 1 aliphatic heterocycles. The van der Waals surface area contributed by atoms with E-state index in [4.69, 9.17) is 0 Å². The maximum atomic E-state index is 12.5. The summed E-state index contributed by atoms with van der Waals surface area (Å²) >= 11 is 0. The lowest BCUT2D eigenvalue weighted by Gasteiger charge is -2.18. The zero-order valence-corrected chi connectivity index (χ0v) is 8.96. The summed E-state index contributed by atoms with van der Waals surface area (Å²) in [6.45, 7) is 3.72.